The van der Waals surface area contributed by atoms with Gasteiger partial charge in [-0.15, -0.1) is 0 Å². The molecular formula is C15H24O5S2. The predicted molar refractivity (Wildman–Crippen MR) is 89.7 cm³/mol. The molecule has 0 bridgehead atoms. The Morgan fingerprint density at radius 3 is 2.32 bits per heavy atom. The summed E-state index contributed by atoms with van der Waals surface area (Å²) in [6.45, 7) is 6.38. The molecule has 0 amide bonds. The first-order chi connectivity index (χ1) is 10.5. The molecule has 1 aliphatic rings. The minimum atomic E-state index is -0.296. The number of hydrogen-bond acceptors (Lipinski definition) is 7. The topological polar surface area (TPSA) is 61.8 Å². The molecule has 3 atom stereocenters. The summed E-state index contributed by atoms with van der Waals surface area (Å²) >= 11 is 6.60. The minimum absolute atomic E-state index is 0.119. The Kier molecular flexibility index (Phi) is 8.78. The zero-order valence-corrected chi connectivity index (χ0v) is 15.0. The van der Waals surface area contributed by atoms with Gasteiger partial charge in [0.25, 0.3) is 0 Å². The highest BCUT2D eigenvalue weighted by atomic mass is 32.2. The lowest BCUT2D eigenvalue weighted by molar-refractivity contribution is -0.147. The molecule has 0 aromatic heterocycles. The molecule has 126 valence electrons. The molecule has 0 N–H and O–H groups in total. The fourth-order valence-corrected chi connectivity index (χ4v) is 3.91. The normalized spacial score (nSPS) is 23.9. The Labute approximate surface area is 141 Å². The van der Waals surface area contributed by atoms with Crippen LogP contribution in [-0.4, -0.2) is 41.9 Å². The lowest BCUT2D eigenvalue weighted by atomic mass is 9.99. The molecule has 3 unspecified atom stereocenters. The third kappa shape index (κ3) is 6.52. The van der Waals surface area contributed by atoms with E-state index in [0.717, 1.165) is 12.2 Å². The van der Waals surface area contributed by atoms with Crippen molar-refractivity contribution in [2.75, 3.05) is 25.6 Å². The van der Waals surface area contributed by atoms with E-state index in [-0.39, 0.29) is 29.7 Å². The van der Waals surface area contributed by atoms with E-state index in [0.29, 0.717) is 30.6 Å². The third-order valence-corrected chi connectivity index (χ3v) is 5.06. The monoisotopic (exact) mass is 348 g/mol. The van der Waals surface area contributed by atoms with Gasteiger partial charge in [0.15, 0.2) is 0 Å². The van der Waals surface area contributed by atoms with Gasteiger partial charge in [0.1, 0.15) is 0 Å². The highest BCUT2D eigenvalue weighted by Crippen LogP contribution is 2.39. The van der Waals surface area contributed by atoms with Crippen LogP contribution in [0.5, 0.6) is 0 Å². The van der Waals surface area contributed by atoms with E-state index in [1.54, 1.807) is 6.92 Å². The van der Waals surface area contributed by atoms with E-state index in [4.69, 9.17) is 26.4 Å². The molecule has 1 fully saturated rings. The zero-order chi connectivity index (χ0) is 16.5. The number of rotatable bonds is 7. The van der Waals surface area contributed by atoms with Crippen molar-refractivity contribution in [2.24, 2.45) is 17.8 Å². The average molecular weight is 348 g/mol. The summed E-state index contributed by atoms with van der Waals surface area (Å²) in [5.74, 6) is 0.617. The van der Waals surface area contributed by atoms with Gasteiger partial charge < -0.3 is 14.2 Å². The maximum Gasteiger partial charge on any atom is 0.308 e. The fraction of sp³-hybridized carbons (Fsp3) is 0.800. The summed E-state index contributed by atoms with van der Waals surface area (Å²) in [6.07, 6.45) is 1.44. The molecule has 0 heterocycles. The van der Waals surface area contributed by atoms with Crippen LogP contribution in [0.1, 0.15) is 33.6 Å². The van der Waals surface area contributed by atoms with Crippen molar-refractivity contribution in [3.63, 3.8) is 0 Å². The summed E-state index contributed by atoms with van der Waals surface area (Å²) in [6, 6.07) is 0. The predicted octanol–water partition coefficient (Wildman–Crippen LogP) is 2.81. The number of carbonyl (C=O) groups is 2. The van der Waals surface area contributed by atoms with Crippen LogP contribution in [-0.2, 0) is 23.8 Å². The van der Waals surface area contributed by atoms with Crippen LogP contribution >= 0.6 is 24.0 Å². The van der Waals surface area contributed by atoms with Gasteiger partial charge in [0, 0.05) is 12.7 Å². The van der Waals surface area contributed by atoms with E-state index in [2.05, 4.69) is 0 Å². The van der Waals surface area contributed by atoms with E-state index >= 15 is 0 Å². The second-order valence-electron chi connectivity index (χ2n) is 5.24. The standard InChI is InChI=1S/C15H24O5S2/c1-4-18-14(17)11-6-12(8-20-10(3)16)13(7-11)9-22-15(21)19-5-2/h11-13H,4-9H2,1-3H3. The summed E-state index contributed by atoms with van der Waals surface area (Å²) in [5.41, 5.74) is 0. The smallest absolute Gasteiger partial charge is 0.308 e. The molecule has 0 aliphatic heterocycles. The first-order valence-corrected chi connectivity index (χ1v) is 8.96. The molecule has 0 radical (unpaired) electrons. The second kappa shape index (κ2) is 10.0. The Morgan fingerprint density at radius 2 is 1.73 bits per heavy atom. The first kappa shape index (κ1) is 19.2. The van der Waals surface area contributed by atoms with Crippen molar-refractivity contribution >= 4 is 40.3 Å². The number of carbonyl (C=O) groups excluding carboxylic acids is 2. The minimum Gasteiger partial charge on any atom is -0.479 e. The Balaban J connectivity index is 2.57. The molecular weight excluding hydrogens is 324 g/mol. The van der Waals surface area contributed by atoms with Crippen molar-refractivity contribution in [1.82, 2.24) is 0 Å². The Hall–Kier alpha value is -0.820. The van der Waals surface area contributed by atoms with Gasteiger partial charge in [0.05, 0.1) is 25.7 Å². The Bertz CT molecular complexity index is 399. The largest absolute Gasteiger partial charge is 0.479 e. The lowest BCUT2D eigenvalue weighted by Gasteiger charge is -2.18. The number of hydrogen-bond donors (Lipinski definition) is 0. The van der Waals surface area contributed by atoms with Crippen molar-refractivity contribution in [3.05, 3.63) is 0 Å². The molecule has 0 spiro atoms. The molecule has 0 aromatic carbocycles. The van der Waals surface area contributed by atoms with Gasteiger partial charge >= 0.3 is 11.9 Å². The van der Waals surface area contributed by atoms with Gasteiger partial charge in [-0.05, 0) is 50.7 Å². The van der Waals surface area contributed by atoms with Crippen LogP contribution in [0.15, 0.2) is 0 Å². The molecule has 1 rings (SSSR count). The van der Waals surface area contributed by atoms with Crippen LogP contribution in [0.4, 0.5) is 0 Å². The van der Waals surface area contributed by atoms with Crippen LogP contribution in [0.3, 0.4) is 0 Å². The molecule has 1 saturated carbocycles. The van der Waals surface area contributed by atoms with Gasteiger partial charge in [-0.25, -0.2) is 0 Å². The van der Waals surface area contributed by atoms with Crippen molar-refractivity contribution < 1.29 is 23.8 Å². The molecule has 0 aromatic rings. The van der Waals surface area contributed by atoms with Crippen LogP contribution < -0.4 is 0 Å². The highest BCUT2D eigenvalue weighted by Gasteiger charge is 2.39. The van der Waals surface area contributed by atoms with Gasteiger partial charge in [-0.1, -0.05) is 11.8 Å². The maximum atomic E-state index is 11.9. The first-order valence-electron chi connectivity index (χ1n) is 7.57. The quantitative estimate of drug-likeness (QED) is 0.518. The number of thiocarbonyl (C=S) groups is 1. The summed E-state index contributed by atoms with van der Waals surface area (Å²) in [4.78, 5) is 22.9. The molecule has 0 saturated heterocycles. The molecule has 22 heavy (non-hydrogen) atoms. The van der Waals surface area contributed by atoms with Gasteiger partial charge in [-0.3, -0.25) is 9.59 Å². The SMILES string of the molecule is CCOC(=O)C1CC(COC(C)=O)C(CSC(=S)OCC)C1. The van der Waals surface area contributed by atoms with E-state index < -0.39 is 0 Å². The maximum absolute atomic E-state index is 11.9. The third-order valence-electron chi connectivity index (χ3n) is 3.64. The number of thioether (sulfide) groups is 1. The van der Waals surface area contributed by atoms with Crippen molar-refractivity contribution in [1.29, 1.82) is 0 Å². The van der Waals surface area contributed by atoms with E-state index in [9.17, 15) is 9.59 Å². The lowest BCUT2D eigenvalue weighted by Crippen LogP contribution is -2.19. The van der Waals surface area contributed by atoms with Gasteiger partial charge in [0.2, 0.25) is 4.38 Å². The van der Waals surface area contributed by atoms with Gasteiger partial charge in [-0.2, -0.15) is 0 Å². The Morgan fingerprint density at radius 1 is 1.09 bits per heavy atom. The second-order valence-corrected chi connectivity index (χ2v) is 6.86. The van der Waals surface area contributed by atoms with Crippen molar-refractivity contribution in [2.45, 2.75) is 33.6 Å². The number of esters is 2. The van der Waals surface area contributed by atoms with E-state index in [1.807, 2.05) is 6.92 Å². The summed E-state index contributed by atoms with van der Waals surface area (Å²) in [5, 5.41) is 0. The van der Waals surface area contributed by atoms with Crippen molar-refractivity contribution in [3.8, 4) is 0 Å². The zero-order valence-electron chi connectivity index (χ0n) is 13.3. The number of ether oxygens (including phenoxy) is 3. The molecule has 5 nitrogen and oxygen atoms in total. The van der Waals surface area contributed by atoms with Crippen LogP contribution in [0, 0.1) is 17.8 Å². The summed E-state index contributed by atoms with van der Waals surface area (Å²) in [7, 11) is 0. The molecule has 1 aliphatic carbocycles. The highest BCUT2D eigenvalue weighted by molar-refractivity contribution is 8.22. The van der Waals surface area contributed by atoms with E-state index in [1.165, 1.54) is 18.7 Å². The van der Waals surface area contributed by atoms with Crippen LogP contribution in [0.25, 0.3) is 0 Å². The summed E-state index contributed by atoms with van der Waals surface area (Å²) < 4.78 is 16.0. The average Bonchev–Trinajstić information content (AvgIpc) is 2.87. The fourth-order valence-electron chi connectivity index (χ4n) is 2.63. The van der Waals surface area contributed by atoms with Crippen LogP contribution in [0.2, 0.25) is 0 Å². The molecule has 7 heteroatoms.